The Bertz CT molecular complexity index is 1100. The summed E-state index contributed by atoms with van der Waals surface area (Å²) in [6, 6.07) is 10.9. The van der Waals surface area contributed by atoms with E-state index in [-0.39, 0.29) is 6.54 Å². The molecule has 0 bridgehead atoms. The van der Waals surface area contributed by atoms with Gasteiger partial charge in [-0.15, -0.1) is 0 Å². The number of fused-ring (bicyclic) bond motifs is 1. The maximum atomic E-state index is 12.7. The fourth-order valence-corrected chi connectivity index (χ4v) is 4.13. The average Bonchev–Trinajstić information content (AvgIpc) is 2.98. The van der Waals surface area contributed by atoms with Gasteiger partial charge in [0, 0.05) is 5.56 Å². The summed E-state index contributed by atoms with van der Waals surface area (Å²) in [5.41, 5.74) is 3.43. The monoisotopic (exact) mass is 384 g/mol. The van der Waals surface area contributed by atoms with Crippen molar-refractivity contribution in [3.63, 3.8) is 0 Å². The van der Waals surface area contributed by atoms with Crippen LogP contribution in [0.2, 0.25) is 0 Å². The van der Waals surface area contributed by atoms with Gasteiger partial charge in [0.05, 0.1) is 24.4 Å². The number of aryl methyl sites for hydroxylation is 2. The van der Waals surface area contributed by atoms with Gasteiger partial charge in [0.15, 0.2) is 4.80 Å². The zero-order chi connectivity index (χ0) is 19.6. The van der Waals surface area contributed by atoms with Crippen LogP contribution < -0.4 is 9.54 Å². The molecule has 3 rings (SSSR count). The van der Waals surface area contributed by atoms with E-state index in [1.807, 2.05) is 26.0 Å². The van der Waals surface area contributed by atoms with Gasteiger partial charge in [0.1, 0.15) is 12.3 Å². The Hall–Kier alpha value is -2.93. The van der Waals surface area contributed by atoms with Crippen molar-refractivity contribution in [2.45, 2.75) is 20.4 Å². The van der Waals surface area contributed by atoms with Crippen LogP contribution >= 0.6 is 11.3 Å². The fourth-order valence-electron chi connectivity index (χ4n) is 2.92. The molecule has 7 heteroatoms. The Kier molecular flexibility index (Phi) is 5.41. The normalized spacial score (nSPS) is 11.6. The Morgan fingerprint density at radius 3 is 2.63 bits per heavy atom. The minimum Gasteiger partial charge on any atom is -0.497 e. The highest BCUT2D eigenvalue weighted by Crippen LogP contribution is 2.23. The molecule has 6 nitrogen and oxygen atoms in total. The molecule has 0 N–H and O–H groups in total. The smallest absolute Gasteiger partial charge is 0.325 e. The summed E-state index contributed by atoms with van der Waals surface area (Å²) in [6.45, 7) is 3.98. The number of ether oxygens (including phenoxy) is 2. The molecule has 1 aromatic heterocycles. The van der Waals surface area contributed by atoms with E-state index in [0.29, 0.717) is 16.1 Å². The van der Waals surface area contributed by atoms with Crippen LogP contribution in [-0.4, -0.2) is 30.7 Å². The van der Waals surface area contributed by atoms with Gasteiger partial charge < -0.3 is 14.0 Å². The number of thiazole rings is 1. The predicted molar refractivity (Wildman–Crippen MR) is 104 cm³/mol. The minimum atomic E-state index is -0.398. The average molecular weight is 384 g/mol. The molecule has 27 heavy (non-hydrogen) atoms. The van der Waals surface area contributed by atoms with Gasteiger partial charge in [-0.2, -0.15) is 4.99 Å². The van der Waals surface area contributed by atoms with Gasteiger partial charge in [-0.1, -0.05) is 23.5 Å². The second-order valence-corrected chi connectivity index (χ2v) is 7.13. The van der Waals surface area contributed by atoms with Gasteiger partial charge in [-0.05, 0) is 49.2 Å². The van der Waals surface area contributed by atoms with Crippen LogP contribution in [0.3, 0.4) is 0 Å². The molecule has 0 spiro atoms. The third kappa shape index (κ3) is 3.93. The number of benzene rings is 2. The lowest BCUT2D eigenvalue weighted by Crippen LogP contribution is -2.22. The molecule has 0 radical (unpaired) electrons. The highest BCUT2D eigenvalue weighted by molar-refractivity contribution is 7.16. The third-order valence-electron chi connectivity index (χ3n) is 4.14. The van der Waals surface area contributed by atoms with Gasteiger partial charge in [0.25, 0.3) is 5.91 Å². The number of carbonyl (C=O) groups excluding carboxylic acids is 2. The summed E-state index contributed by atoms with van der Waals surface area (Å²) in [5, 5.41) is 0. The number of aromatic nitrogens is 1. The van der Waals surface area contributed by atoms with E-state index in [1.54, 1.807) is 35.9 Å². The van der Waals surface area contributed by atoms with Crippen LogP contribution in [0.4, 0.5) is 0 Å². The van der Waals surface area contributed by atoms with Crippen LogP contribution in [0.5, 0.6) is 5.75 Å². The number of hydrogen-bond acceptors (Lipinski definition) is 5. The summed E-state index contributed by atoms with van der Waals surface area (Å²) in [4.78, 5) is 29.3. The molecule has 0 aliphatic rings. The van der Waals surface area contributed by atoms with E-state index in [4.69, 9.17) is 9.47 Å². The second-order valence-electron chi connectivity index (χ2n) is 6.12. The molecule has 1 heterocycles. The number of nitrogens with zero attached hydrogens (tertiary/aromatic N) is 2. The second kappa shape index (κ2) is 7.75. The lowest BCUT2D eigenvalue weighted by atomic mass is 10.1. The predicted octanol–water partition coefficient (Wildman–Crippen LogP) is 3.24. The van der Waals surface area contributed by atoms with Gasteiger partial charge in [-0.3, -0.25) is 9.59 Å². The number of methoxy groups -OCH3 is 2. The molecule has 0 aliphatic carbocycles. The molecule has 0 atom stereocenters. The molecule has 0 aliphatic heterocycles. The van der Waals surface area contributed by atoms with Crippen LogP contribution in [0.25, 0.3) is 10.2 Å². The first kappa shape index (κ1) is 18.8. The van der Waals surface area contributed by atoms with Crippen LogP contribution in [0.1, 0.15) is 21.5 Å². The van der Waals surface area contributed by atoms with Crippen LogP contribution in [0, 0.1) is 13.8 Å². The molecule has 0 saturated heterocycles. The van der Waals surface area contributed by atoms with Gasteiger partial charge in [0.2, 0.25) is 0 Å². The maximum absolute atomic E-state index is 12.7. The van der Waals surface area contributed by atoms with Crippen LogP contribution in [0.15, 0.2) is 41.4 Å². The van der Waals surface area contributed by atoms with E-state index in [9.17, 15) is 9.59 Å². The Balaban J connectivity index is 2.18. The minimum absolute atomic E-state index is 0.00930. The van der Waals surface area contributed by atoms with Crippen molar-refractivity contribution in [2.24, 2.45) is 4.99 Å². The summed E-state index contributed by atoms with van der Waals surface area (Å²) < 4.78 is 12.7. The molecule has 0 saturated carbocycles. The molecule has 1 amide bonds. The summed E-state index contributed by atoms with van der Waals surface area (Å²) in [5.74, 6) is -0.209. The maximum Gasteiger partial charge on any atom is 0.325 e. The van der Waals surface area contributed by atoms with Crippen molar-refractivity contribution < 1.29 is 19.1 Å². The van der Waals surface area contributed by atoms with Crippen molar-refractivity contribution in [1.29, 1.82) is 0 Å². The summed E-state index contributed by atoms with van der Waals surface area (Å²) >= 11 is 1.37. The lowest BCUT2D eigenvalue weighted by Gasteiger charge is -2.06. The zero-order valence-corrected chi connectivity index (χ0v) is 16.4. The van der Waals surface area contributed by atoms with E-state index in [0.717, 1.165) is 21.3 Å². The molecular formula is C20H20N2O4S. The molecule has 0 fully saturated rings. The third-order valence-corrected chi connectivity index (χ3v) is 5.17. The standard InChI is InChI=1S/C20H20N2O4S/c1-12-8-13(2)18-16(9-12)27-20(22(18)11-17(23)26-4)21-19(24)14-6-5-7-15(10-14)25-3/h5-10H,11H2,1-4H3. The van der Waals surface area contributed by atoms with Gasteiger partial charge in [-0.25, -0.2) is 0 Å². The van der Waals surface area contributed by atoms with E-state index < -0.39 is 11.9 Å². The highest BCUT2D eigenvalue weighted by atomic mass is 32.1. The van der Waals surface area contributed by atoms with E-state index in [2.05, 4.69) is 4.99 Å². The summed E-state index contributed by atoms with van der Waals surface area (Å²) in [7, 11) is 2.88. The molecule has 2 aromatic carbocycles. The highest BCUT2D eigenvalue weighted by Gasteiger charge is 2.15. The molecule has 0 unspecified atom stereocenters. The molecule has 3 aromatic rings. The first-order valence-electron chi connectivity index (χ1n) is 8.33. The Labute approximate surface area is 160 Å². The number of rotatable bonds is 4. The van der Waals surface area contributed by atoms with Crippen molar-refractivity contribution in [3.8, 4) is 5.75 Å². The van der Waals surface area contributed by atoms with E-state index >= 15 is 0 Å². The Morgan fingerprint density at radius 1 is 1.15 bits per heavy atom. The summed E-state index contributed by atoms with van der Waals surface area (Å²) in [6.07, 6.45) is 0. The largest absolute Gasteiger partial charge is 0.497 e. The molecular weight excluding hydrogens is 364 g/mol. The van der Waals surface area contributed by atoms with Crippen molar-refractivity contribution >= 4 is 33.4 Å². The van der Waals surface area contributed by atoms with Crippen LogP contribution in [-0.2, 0) is 16.1 Å². The number of esters is 1. The van der Waals surface area contributed by atoms with Gasteiger partial charge >= 0.3 is 5.97 Å². The quantitative estimate of drug-likeness (QED) is 0.648. The zero-order valence-electron chi connectivity index (χ0n) is 15.6. The molecule has 140 valence electrons. The van der Waals surface area contributed by atoms with Crippen molar-refractivity contribution in [2.75, 3.05) is 14.2 Å². The fraction of sp³-hybridized carbons (Fsp3) is 0.250. The van der Waals surface area contributed by atoms with E-state index in [1.165, 1.54) is 18.4 Å². The number of hydrogen-bond donors (Lipinski definition) is 0. The number of amides is 1. The number of carbonyl (C=O) groups is 2. The lowest BCUT2D eigenvalue weighted by molar-refractivity contribution is -0.141. The Morgan fingerprint density at radius 2 is 1.93 bits per heavy atom. The topological polar surface area (TPSA) is 69.9 Å². The van der Waals surface area contributed by atoms with Crippen molar-refractivity contribution in [1.82, 2.24) is 4.57 Å². The first-order chi connectivity index (χ1) is 12.9. The SMILES string of the molecule is COC(=O)Cn1c(=NC(=O)c2cccc(OC)c2)sc2cc(C)cc(C)c21. The first-order valence-corrected chi connectivity index (χ1v) is 9.15. The van der Waals surface area contributed by atoms with Crippen molar-refractivity contribution in [3.05, 3.63) is 57.9 Å².